The molecule has 2 N–H and O–H groups in total. The first-order valence-corrected chi connectivity index (χ1v) is 9.26. The number of amides is 1. The van der Waals surface area contributed by atoms with Gasteiger partial charge < -0.3 is 10.4 Å². The summed E-state index contributed by atoms with van der Waals surface area (Å²) < 4.78 is 26.1. The van der Waals surface area contributed by atoms with Gasteiger partial charge in [-0.2, -0.15) is 4.31 Å². The molecule has 1 amide bonds. The number of carbonyl (C=O) groups is 2. The van der Waals surface area contributed by atoms with Crippen molar-refractivity contribution in [1.29, 1.82) is 0 Å². The molecule has 0 bridgehead atoms. The highest BCUT2D eigenvalue weighted by atomic mass is 32.2. The Kier molecular flexibility index (Phi) is 7.37. The summed E-state index contributed by atoms with van der Waals surface area (Å²) in [7, 11) is -3.55. The summed E-state index contributed by atoms with van der Waals surface area (Å²) in [5.41, 5.74) is 0.330. The molecule has 7 nitrogen and oxygen atoms in total. The van der Waals surface area contributed by atoms with Crippen molar-refractivity contribution in [3.63, 3.8) is 0 Å². The third-order valence-electron chi connectivity index (χ3n) is 3.59. The first kappa shape index (κ1) is 20.1. The zero-order valence-corrected chi connectivity index (χ0v) is 15.0. The van der Waals surface area contributed by atoms with E-state index in [4.69, 9.17) is 5.11 Å². The Morgan fingerprint density at radius 2 is 1.71 bits per heavy atom. The topological polar surface area (TPSA) is 104 Å². The Morgan fingerprint density at radius 3 is 2.17 bits per heavy atom. The van der Waals surface area contributed by atoms with Gasteiger partial charge in [-0.15, -0.1) is 0 Å². The van der Waals surface area contributed by atoms with Crippen LogP contribution in [0.3, 0.4) is 0 Å². The fourth-order valence-electron chi connectivity index (χ4n) is 2.23. The van der Waals surface area contributed by atoms with Crippen molar-refractivity contribution in [2.24, 2.45) is 5.92 Å². The van der Waals surface area contributed by atoms with Crippen LogP contribution in [0.15, 0.2) is 29.2 Å². The molecule has 0 heterocycles. The number of hydrogen-bond donors (Lipinski definition) is 2. The highest BCUT2D eigenvalue weighted by Gasteiger charge is 2.21. The van der Waals surface area contributed by atoms with Crippen molar-refractivity contribution in [2.75, 3.05) is 19.6 Å². The number of carboxylic acid groups (broad SMARTS) is 1. The van der Waals surface area contributed by atoms with Gasteiger partial charge in [0.05, 0.1) is 4.90 Å². The minimum atomic E-state index is -3.55. The number of nitrogens with zero attached hydrogens (tertiary/aromatic N) is 1. The highest BCUT2D eigenvalue weighted by molar-refractivity contribution is 7.89. The summed E-state index contributed by atoms with van der Waals surface area (Å²) in [5, 5.41) is 11.3. The summed E-state index contributed by atoms with van der Waals surface area (Å²) in [6.45, 7) is 6.26. The summed E-state index contributed by atoms with van der Waals surface area (Å²) in [6.07, 6.45) is -0.0265. The molecule has 0 spiro atoms. The van der Waals surface area contributed by atoms with Crippen molar-refractivity contribution >= 4 is 21.9 Å². The maximum absolute atomic E-state index is 12.4. The zero-order valence-electron chi connectivity index (χ0n) is 14.2. The van der Waals surface area contributed by atoms with Crippen LogP contribution in [0.2, 0.25) is 0 Å². The van der Waals surface area contributed by atoms with Crippen molar-refractivity contribution in [3.8, 4) is 0 Å². The fraction of sp³-hybridized carbons (Fsp3) is 0.500. The third kappa shape index (κ3) is 5.31. The maximum atomic E-state index is 12.4. The largest absolute Gasteiger partial charge is 0.481 e. The second-order valence-electron chi connectivity index (χ2n) is 5.53. The van der Waals surface area contributed by atoms with Crippen LogP contribution in [0, 0.1) is 5.92 Å². The average molecular weight is 356 g/mol. The fourth-order valence-corrected chi connectivity index (χ4v) is 3.69. The molecule has 0 aromatic heterocycles. The van der Waals surface area contributed by atoms with E-state index in [-0.39, 0.29) is 29.7 Å². The van der Waals surface area contributed by atoms with E-state index in [1.54, 1.807) is 20.8 Å². The molecule has 0 saturated heterocycles. The molecular formula is C16H24N2O5S. The molecule has 0 aliphatic heterocycles. The number of rotatable bonds is 9. The predicted octanol–water partition coefficient (Wildman–Crippen LogP) is 1.56. The summed E-state index contributed by atoms with van der Waals surface area (Å²) in [5.74, 6) is -1.46. The van der Waals surface area contributed by atoms with E-state index in [1.165, 1.54) is 28.6 Å². The molecule has 134 valence electrons. The monoisotopic (exact) mass is 356 g/mol. The SMILES string of the molecule is CCN(CC)S(=O)(=O)c1ccc(C(=O)NCC(C)CC(=O)O)cc1. The van der Waals surface area contributed by atoms with E-state index in [9.17, 15) is 18.0 Å². The van der Waals surface area contributed by atoms with Crippen LogP contribution < -0.4 is 5.32 Å². The van der Waals surface area contributed by atoms with E-state index >= 15 is 0 Å². The smallest absolute Gasteiger partial charge is 0.303 e. The van der Waals surface area contributed by atoms with E-state index in [0.29, 0.717) is 18.7 Å². The first-order valence-electron chi connectivity index (χ1n) is 7.82. The zero-order chi connectivity index (χ0) is 18.3. The second-order valence-corrected chi connectivity index (χ2v) is 7.46. The lowest BCUT2D eigenvalue weighted by Gasteiger charge is -2.18. The number of aliphatic carboxylic acids is 1. The van der Waals surface area contributed by atoms with E-state index in [2.05, 4.69) is 5.32 Å². The molecule has 1 unspecified atom stereocenters. The van der Waals surface area contributed by atoms with Crippen molar-refractivity contribution in [3.05, 3.63) is 29.8 Å². The van der Waals surface area contributed by atoms with Gasteiger partial charge in [-0.25, -0.2) is 8.42 Å². The van der Waals surface area contributed by atoms with E-state index < -0.39 is 16.0 Å². The van der Waals surface area contributed by atoms with Gasteiger partial charge in [-0.05, 0) is 30.2 Å². The van der Waals surface area contributed by atoms with Crippen LogP contribution in [0.25, 0.3) is 0 Å². The molecule has 1 aromatic rings. The molecule has 0 fully saturated rings. The van der Waals surface area contributed by atoms with Crippen molar-refractivity contribution in [1.82, 2.24) is 9.62 Å². The third-order valence-corrected chi connectivity index (χ3v) is 5.66. The van der Waals surface area contributed by atoms with Gasteiger partial charge in [-0.1, -0.05) is 20.8 Å². The Morgan fingerprint density at radius 1 is 1.17 bits per heavy atom. The number of nitrogens with one attached hydrogen (secondary N) is 1. The number of hydrogen-bond acceptors (Lipinski definition) is 4. The quantitative estimate of drug-likeness (QED) is 0.699. The number of benzene rings is 1. The van der Waals surface area contributed by atoms with Gasteiger partial charge in [0.15, 0.2) is 0 Å². The Bertz CT molecular complexity index is 666. The van der Waals surface area contributed by atoms with Crippen LogP contribution in [-0.4, -0.2) is 49.3 Å². The minimum absolute atomic E-state index is 0.0265. The summed E-state index contributed by atoms with van der Waals surface area (Å²) in [6, 6.07) is 5.72. The Labute approximate surface area is 142 Å². The lowest BCUT2D eigenvalue weighted by molar-refractivity contribution is -0.137. The molecule has 1 rings (SSSR count). The summed E-state index contributed by atoms with van der Waals surface area (Å²) in [4.78, 5) is 22.8. The lowest BCUT2D eigenvalue weighted by Crippen LogP contribution is -2.31. The molecule has 24 heavy (non-hydrogen) atoms. The van der Waals surface area contributed by atoms with Gasteiger partial charge in [-0.3, -0.25) is 9.59 Å². The lowest BCUT2D eigenvalue weighted by atomic mass is 10.1. The Hall–Kier alpha value is -1.93. The summed E-state index contributed by atoms with van der Waals surface area (Å²) >= 11 is 0. The van der Waals surface area contributed by atoms with Gasteiger partial charge in [0.25, 0.3) is 5.91 Å². The molecular weight excluding hydrogens is 332 g/mol. The molecule has 8 heteroatoms. The number of sulfonamides is 1. The van der Waals surface area contributed by atoms with Crippen LogP contribution in [0.5, 0.6) is 0 Å². The molecule has 0 saturated carbocycles. The average Bonchev–Trinajstić information content (AvgIpc) is 2.53. The van der Waals surface area contributed by atoms with E-state index in [0.717, 1.165) is 0 Å². The van der Waals surface area contributed by atoms with Crippen molar-refractivity contribution < 1.29 is 23.1 Å². The number of carboxylic acids is 1. The molecule has 1 atom stereocenters. The van der Waals surface area contributed by atoms with E-state index in [1.807, 2.05) is 0 Å². The Balaban J connectivity index is 2.77. The van der Waals surface area contributed by atoms with Gasteiger partial charge >= 0.3 is 5.97 Å². The van der Waals surface area contributed by atoms with Crippen molar-refractivity contribution in [2.45, 2.75) is 32.1 Å². The molecule has 1 aromatic carbocycles. The van der Waals surface area contributed by atoms with Gasteiger partial charge in [0.1, 0.15) is 0 Å². The van der Waals surface area contributed by atoms with Crippen LogP contribution in [0.1, 0.15) is 37.6 Å². The van der Waals surface area contributed by atoms with Crippen LogP contribution in [0.4, 0.5) is 0 Å². The second kappa shape index (κ2) is 8.79. The highest BCUT2D eigenvalue weighted by Crippen LogP contribution is 2.16. The number of carbonyl (C=O) groups excluding carboxylic acids is 1. The maximum Gasteiger partial charge on any atom is 0.303 e. The first-order chi connectivity index (χ1) is 11.2. The predicted molar refractivity (Wildman–Crippen MR) is 90.3 cm³/mol. The molecule has 0 radical (unpaired) electrons. The minimum Gasteiger partial charge on any atom is -0.481 e. The molecule has 0 aliphatic rings. The van der Waals surface area contributed by atoms with Gasteiger partial charge in [0.2, 0.25) is 10.0 Å². The molecule has 0 aliphatic carbocycles. The van der Waals surface area contributed by atoms with Gasteiger partial charge in [0, 0.05) is 31.6 Å². The normalized spacial score (nSPS) is 12.8. The standard InChI is InChI=1S/C16H24N2O5S/c1-4-18(5-2)24(22,23)14-8-6-13(7-9-14)16(21)17-11-12(3)10-15(19)20/h6-9,12H,4-5,10-11H2,1-3H3,(H,17,21)(H,19,20). The van der Waals surface area contributed by atoms with Crippen LogP contribution >= 0.6 is 0 Å². The van der Waals surface area contributed by atoms with Crippen LogP contribution in [-0.2, 0) is 14.8 Å².